The van der Waals surface area contributed by atoms with Gasteiger partial charge < -0.3 is 10.6 Å². The molecular formula is C14H21ClN2O. The van der Waals surface area contributed by atoms with Gasteiger partial charge in [0.25, 0.3) is 0 Å². The number of hydrogen-bond acceptors (Lipinski definition) is 2. The van der Waals surface area contributed by atoms with Crippen molar-refractivity contribution in [1.82, 2.24) is 10.6 Å². The quantitative estimate of drug-likeness (QED) is 0.711. The Morgan fingerprint density at radius 1 is 1.17 bits per heavy atom. The smallest absolute Gasteiger partial charge is 0.220 e. The maximum absolute atomic E-state index is 11.4. The number of rotatable bonds is 8. The molecular weight excluding hydrogens is 248 g/mol. The Bertz CT molecular complexity index is 351. The lowest BCUT2D eigenvalue weighted by molar-refractivity contribution is -0.121. The van der Waals surface area contributed by atoms with Gasteiger partial charge in [0, 0.05) is 18.0 Å². The molecule has 0 aliphatic rings. The van der Waals surface area contributed by atoms with E-state index in [1.165, 1.54) is 5.56 Å². The van der Waals surface area contributed by atoms with Gasteiger partial charge in [-0.1, -0.05) is 23.7 Å². The van der Waals surface area contributed by atoms with Crippen LogP contribution in [0.15, 0.2) is 24.3 Å². The van der Waals surface area contributed by atoms with Crippen LogP contribution < -0.4 is 10.6 Å². The van der Waals surface area contributed by atoms with E-state index in [9.17, 15) is 4.79 Å². The van der Waals surface area contributed by atoms with Crippen molar-refractivity contribution in [3.63, 3.8) is 0 Å². The van der Waals surface area contributed by atoms with E-state index in [0.29, 0.717) is 6.42 Å². The molecule has 0 fully saturated rings. The van der Waals surface area contributed by atoms with E-state index in [-0.39, 0.29) is 5.91 Å². The first-order valence-electron chi connectivity index (χ1n) is 6.38. The zero-order valence-electron chi connectivity index (χ0n) is 10.8. The van der Waals surface area contributed by atoms with Crippen molar-refractivity contribution >= 4 is 17.5 Å². The lowest BCUT2D eigenvalue weighted by atomic mass is 10.1. The molecule has 0 spiro atoms. The summed E-state index contributed by atoms with van der Waals surface area (Å²) < 4.78 is 0. The molecule has 0 atom stereocenters. The average Bonchev–Trinajstić information content (AvgIpc) is 2.37. The third kappa shape index (κ3) is 6.62. The van der Waals surface area contributed by atoms with Crippen LogP contribution in [0, 0.1) is 0 Å². The van der Waals surface area contributed by atoms with Gasteiger partial charge in [-0.2, -0.15) is 0 Å². The molecule has 0 aliphatic heterocycles. The summed E-state index contributed by atoms with van der Waals surface area (Å²) >= 11 is 5.81. The summed E-state index contributed by atoms with van der Waals surface area (Å²) in [7, 11) is 1.89. The molecule has 1 rings (SSSR count). The number of nitrogens with one attached hydrogen (secondary N) is 2. The van der Waals surface area contributed by atoms with Crippen LogP contribution in [0.25, 0.3) is 0 Å². The number of benzene rings is 1. The number of carbonyl (C=O) groups excluding carboxylic acids is 1. The molecule has 0 aliphatic carbocycles. The van der Waals surface area contributed by atoms with Crippen LogP contribution >= 0.6 is 11.6 Å². The summed E-state index contributed by atoms with van der Waals surface area (Å²) in [5, 5.41) is 6.72. The number of halogens is 1. The van der Waals surface area contributed by atoms with E-state index in [1.54, 1.807) is 0 Å². The van der Waals surface area contributed by atoms with E-state index in [0.717, 1.165) is 37.4 Å². The highest BCUT2D eigenvalue weighted by Crippen LogP contribution is 2.10. The zero-order chi connectivity index (χ0) is 13.2. The Labute approximate surface area is 114 Å². The van der Waals surface area contributed by atoms with Gasteiger partial charge in [0.15, 0.2) is 0 Å². The predicted octanol–water partition coefficient (Wildman–Crippen LogP) is 2.39. The van der Waals surface area contributed by atoms with Crippen LogP contribution in [-0.2, 0) is 11.2 Å². The maximum Gasteiger partial charge on any atom is 0.220 e. The lowest BCUT2D eigenvalue weighted by Gasteiger charge is -2.05. The fourth-order valence-corrected chi connectivity index (χ4v) is 1.81. The highest BCUT2D eigenvalue weighted by Gasteiger charge is 2.00. The second-order valence-corrected chi connectivity index (χ2v) is 4.72. The van der Waals surface area contributed by atoms with Crippen molar-refractivity contribution in [3.05, 3.63) is 34.9 Å². The lowest BCUT2D eigenvalue weighted by Crippen LogP contribution is -2.25. The van der Waals surface area contributed by atoms with Crippen molar-refractivity contribution in [3.8, 4) is 0 Å². The van der Waals surface area contributed by atoms with Gasteiger partial charge in [0.1, 0.15) is 0 Å². The summed E-state index contributed by atoms with van der Waals surface area (Å²) in [6.45, 7) is 1.62. The highest BCUT2D eigenvalue weighted by atomic mass is 35.5. The van der Waals surface area contributed by atoms with Gasteiger partial charge in [0.2, 0.25) is 5.91 Å². The van der Waals surface area contributed by atoms with Crippen LogP contribution in [0.4, 0.5) is 0 Å². The molecule has 100 valence electrons. The molecule has 0 unspecified atom stereocenters. The van der Waals surface area contributed by atoms with Crippen LogP contribution in [0.3, 0.4) is 0 Å². The first-order valence-corrected chi connectivity index (χ1v) is 6.76. The number of aryl methyl sites for hydroxylation is 1. The number of hydrogen-bond donors (Lipinski definition) is 2. The Morgan fingerprint density at radius 3 is 2.56 bits per heavy atom. The van der Waals surface area contributed by atoms with Gasteiger partial charge in [-0.3, -0.25) is 4.79 Å². The third-order valence-electron chi connectivity index (χ3n) is 2.71. The van der Waals surface area contributed by atoms with Gasteiger partial charge >= 0.3 is 0 Å². The molecule has 1 amide bonds. The van der Waals surface area contributed by atoms with E-state index < -0.39 is 0 Å². The molecule has 0 saturated heterocycles. The topological polar surface area (TPSA) is 41.1 Å². The minimum absolute atomic E-state index is 0.140. The predicted molar refractivity (Wildman–Crippen MR) is 75.9 cm³/mol. The van der Waals surface area contributed by atoms with Crippen LogP contribution in [-0.4, -0.2) is 26.0 Å². The van der Waals surface area contributed by atoms with E-state index >= 15 is 0 Å². The van der Waals surface area contributed by atoms with Crippen LogP contribution in [0.2, 0.25) is 5.02 Å². The summed E-state index contributed by atoms with van der Waals surface area (Å²) in [6, 6.07) is 7.84. The summed E-state index contributed by atoms with van der Waals surface area (Å²) in [4.78, 5) is 11.4. The number of carbonyl (C=O) groups is 1. The zero-order valence-corrected chi connectivity index (χ0v) is 11.6. The molecule has 0 radical (unpaired) electrons. The molecule has 0 heterocycles. The summed E-state index contributed by atoms with van der Waals surface area (Å²) in [5.41, 5.74) is 1.25. The average molecular weight is 269 g/mol. The van der Waals surface area contributed by atoms with Gasteiger partial charge in [-0.15, -0.1) is 0 Å². The molecule has 18 heavy (non-hydrogen) atoms. The van der Waals surface area contributed by atoms with Gasteiger partial charge in [-0.05, 0) is 50.6 Å². The van der Waals surface area contributed by atoms with Crippen molar-refractivity contribution in [2.45, 2.75) is 25.7 Å². The fourth-order valence-electron chi connectivity index (χ4n) is 1.69. The monoisotopic (exact) mass is 268 g/mol. The SMILES string of the molecule is CNCCCC(=O)NCCCc1ccc(Cl)cc1. The standard InChI is InChI=1S/C14H21ClN2O/c1-16-10-3-5-14(18)17-11-2-4-12-6-8-13(15)9-7-12/h6-9,16H,2-5,10-11H2,1H3,(H,17,18). The fraction of sp³-hybridized carbons (Fsp3) is 0.500. The molecule has 4 heteroatoms. The highest BCUT2D eigenvalue weighted by molar-refractivity contribution is 6.30. The van der Waals surface area contributed by atoms with Gasteiger partial charge in [-0.25, -0.2) is 0 Å². The summed E-state index contributed by atoms with van der Waals surface area (Å²) in [6.07, 6.45) is 3.41. The second kappa shape index (κ2) is 8.95. The van der Waals surface area contributed by atoms with Crippen molar-refractivity contribution < 1.29 is 4.79 Å². The molecule has 3 nitrogen and oxygen atoms in total. The maximum atomic E-state index is 11.4. The van der Waals surface area contributed by atoms with E-state index in [4.69, 9.17) is 11.6 Å². The molecule has 1 aromatic carbocycles. The molecule has 0 aromatic heterocycles. The minimum atomic E-state index is 0.140. The Morgan fingerprint density at radius 2 is 1.89 bits per heavy atom. The Hall–Kier alpha value is -1.06. The van der Waals surface area contributed by atoms with Crippen LogP contribution in [0.1, 0.15) is 24.8 Å². The molecule has 0 saturated carbocycles. The van der Waals surface area contributed by atoms with E-state index in [1.807, 2.05) is 31.3 Å². The van der Waals surface area contributed by atoms with Crippen molar-refractivity contribution in [1.29, 1.82) is 0 Å². The van der Waals surface area contributed by atoms with Gasteiger partial charge in [0.05, 0.1) is 0 Å². The largest absolute Gasteiger partial charge is 0.356 e. The summed E-state index contributed by atoms with van der Waals surface area (Å²) in [5.74, 6) is 0.140. The first kappa shape index (κ1) is 15.0. The normalized spacial score (nSPS) is 10.3. The van der Waals surface area contributed by atoms with E-state index in [2.05, 4.69) is 10.6 Å². The van der Waals surface area contributed by atoms with Crippen LogP contribution in [0.5, 0.6) is 0 Å². The Kier molecular flexibility index (Phi) is 7.46. The Balaban J connectivity index is 2.07. The van der Waals surface area contributed by atoms with Crippen molar-refractivity contribution in [2.75, 3.05) is 20.1 Å². The minimum Gasteiger partial charge on any atom is -0.356 e. The molecule has 1 aromatic rings. The number of amides is 1. The second-order valence-electron chi connectivity index (χ2n) is 4.29. The first-order chi connectivity index (χ1) is 8.72. The third-order valence-corrected chi connectivity index (χ3v) is 2.96. The molecule has 0 bridgehead atoms. The van der Waals surface area contributed by atoms with Crippen molar-refractivity contribution in [2.24, 2.45) is 0 Å². The molecule has 2 N–H and O–H groups in total.